The third-order valence-corrected chi connectivity index (χ3v) is 3.99. The number of hydrogen-bond donors (Lipinski definition) is 1. The Morgan fingerprint density at radius 3 is 2.75 bits per heavy atom. The summed E-state index contributed by atoms with van der Waals surface area (Å²) in [5, 5.41) is 8.92. The lowest BCUT2D eigenvalue weighted by Gasteiger charge is -2.12. The number of anilines is 1. The molecule has 5 nitrogen and oxygen atoms in total. The quantitative estimate of drug-likeness (QED) is 0.858. The zero-order chi connectivity index (χ0) is 14.7. The fourth-order valence-corrected chi connectivity index (χ4v) is 3.09. The van der Waals surface area contributed by atoms with Gasteiger partial charge >= 0.3 is 0 Å². The van der Waals surface area contributed by atoms with Gasteiger partial charge in [-0.15, -0.1) is 10.2 Å². The highest BCUT2D eigenvalue weighted by atomic mass is 32.2. The lowest BCUT2D eigenvalue weighted by atomic mass is 10.1. The number of aromatic nitrogens is 3. The van der Waals surface area contributed by atoms with Crippen LogP contribution in [0.3, 0.4) is 0 Å². The number of rotatable bonds is 5. The fraction of sp³-hybridized carbons (Fsp3) is 0.429. The summed E-state index contributed by atoms with van der Waals surface area (Å²) in [6, 6.07) is 6.41. The molecular formula is C14H20N4OS. The molecule has 2 rings (SSSR count). The van der Waals surface area contributed by atoms with Gasteiger partial charge < -0.3 is 10.5 Å². The first kappa shape index (κ1) is 14.7. The number of nitrogen functional groups attached to an aromatic ring is 1. The second-order valence-electron chi connectivity index (χ2n) is 4.91. The highest BCUT2D eigenvalue weighted by Crippen LogP contribution is 2.29. The molecule has 0 fully saturated rings. The molecule has 1 aromatic carbocycles. The Hall–Kier alpha value is -1.69. The maximum atomic E-state index is 5.84. The molecule has 0 spiro atoms. The molecule has 0 saturated carbocycles. The zero-order valence-corrected chi connectivity index (χ0v) is 13.1. The van der Waals surface area contributed by atoms with E-state index in [0.717, 1.165) is 22.2 Å². The van der Waals surface area contributed by atoms with Gasteiger partial charge in [0.25, 0.3) is 0 Å². The molecule has 0 atom stereocenters. The van der Waals surface area contributed by atoms with E-state index in [4.69, 9.17) is 10.5 Å². The Bertz CT molecular complexity index is 595. The molecular weight excluding hydrogens is 272 g/mol. The second kappa shape index (κ2) is 6.17. The maximum Gasteiger partial charge on any atom is 0.222 e. The van der Waals surface area contributed by atoms with Crippen LogP contribution in [0.5, 0.6) is 5.75 Å². The molecule has 0 amide bonds. The molecule has 0 bridgehead atoms. The Labute approximate surface area is 123 Å². The van der Waals surface area contributed by atoms with Crippen molar-refractivity contribution >= 4 is 17.7 Å². The monoisotopic (exact) mass is 292 g/mol. The Kier molecular flexibility index (Phi) is 4.54. The van der Waals surface area contributed by atoms with Crippen LogP contribution in [0.15, 0.2) is 23.4 Å². The highest BCUT2D eigenvalue weighted by Gasteiger charge is 2.14. The average Bonchev–Trinajstić information content (AvgIpc) is 2.77. The minimum absolute atomic E-state index is 0.243. The topological polar surface area (TPSA) is 66.0 Å². The highest BCUT2D eigenvalue weighted by molar-refractivity contribution is 7.98. The molecule has 0 aliphatic rings. The summed E-state index contributed by atoms with van der Waals surface area (Å²) < 4.78 is 7.33. The van der Waals surface area contributed by atoms with Crippen LogP contribution in [-0.4, -0.2) is 21.9 Å². The molecule has 6 heteroatoms. The van der Waals surface area contributed by atoms with Crippen LogP contribution in [0.4, 0.5) is 5.95 Å². The number of methoxy groups -OCH3 is 1. The Morgan fingerprint density at radius 2 is 2.10 bits per heavy atom. The number of thioether (sulfide) groups is 1. The number of benzene rings is 1. The number of nitrogens with two attached hydrogens (primary N) is 1. The van der Waals surface area contributed by atoms with E-state index in [9.17, 15) is 0 Å². The van der Waals surface area contributed by atoms with Crippen molar-refractivity contribution in [3.63, 3.8) is 0 Å². The molecule has 0 radical (unpaired) electrons. The number of aryl methyl sites for hydroxylation is 1. The molecule has 0 aliphatic heterocycles. The van der Waals surface area contributed by atoms with Crippen molar-refractivity contribution in [1.29, 1.82) is 0 Å². The maximum absolute atomic E-state index is 5.84. The fourth-order valence-electron chi connectivity index (χ4n) is 2.03. The van der Waals surface area contributed by atoms with E-state index in [1.807, 2.05) is 16.7 Å². The van der Waals surface area contributed by atoms with E-state index in [1.165, 1.54) is 5.56 Å². The van der Waals surface area contributed by atoms with Crippen LogP contribution >= 0.6 is 11.8 Å². The minimum Gasteiger partial charge on any atom is -0.496 e. The smallest absolute Gasteiger partial charge is 0.222 e. The van der Waals surface area contributed by atoms with Crippen molar-refractivity contribution in [3.05, 3.63) is 29.3 Å². The predicted octanol–water partition coefficient (Wildman–Crippen LogP) is 3.05. The minimum atomic E-state index is 0.243. The SMILES string of the molecule is COc1ccc(C)cc1CSc1nnc(N)n1C(C)C. The van der Waals surface area contributed by atoms with Gasteiger partial charge in [0.1, 0.15) is 5.75 Å². The summed E-state index contributed by atoms with van der Waals surface area (Å²) in [5.41, 5.74) is 8.20. The van der Waals surface area contributed by atoms with Crippen LogP contribution < -0.4 is 10.5 Å². The van der Waals surface area contributed by atoms with Gasteiger partial charge in [-0.1, -0.05) is 29.5 Å². The van der Waals surface area contributed by atoms with Gasteiger partial charge in [-0.3, -0.25) is 4.57 Å². The molecule has 1 heterocycles. The summed E-state index contributed by atoms with van der Waals surface area (Å²) in [6.45, 7) is 6.20. The van der Waals surface area contributed by atoms with E-state index in [1.54, 1.807) is 18.9 Å². The number of ether oxygens (including phenoxy) is 1. The predicted molar refractivity (Wildman–Crippen MR) is 82.1 cm³/mol. The second-order valence-corrected chi connectivity index (χ2v) is 5.85. The lowest BCUT2D eigenvalue weighted by molar-refractivity contribution is 0.411. The average molecular weight is 292 g/mol. The van der Waals surface area contributed by atoms with E-state index in [-0.39, 0.29) is 6.04 Å². The van der Waals surface area contributed by atoms with Crippen LogP contribution in [0.1, 0.15) is 31.0 Å². The molecule has 0 saturated heterocycles. The van der Waals surface area contributed by atoms with Gasteiger partial charge in [-0.2, -0.15) is 0 Å². The third kappa shape index (κ3) is 3.07. The number of hydrogen-bond acceptors (Lipinski definition) is 5. The summed E-state index contributed by atoms with van der Waals surface area (Å²) in [4.78, 5) is 0. The first-order valence-electron chi connectivity index (χ1n) is 6.49. The largest absolute Gasteiger partial charge is 0.496 e. The van der Waals surface area contributed by atoms with Gasteiger partial charge in [0.05, 0.1) is 7.11 Å². The van der Waals surface area contributed by atoms with Crippen molar-refractivity contribution in [3.8, 4) is 5.75 Å². The first-order valence-corrected chi connectivity index (χ1v) is 7.48. The van der Waals surface area contributed by atoms with Crippen LogP contribution in [0, 0.1) is 6.92 Å². The van der Waals surface area contributed by atoms with E-state index < -0.39 is 0 Å². The number of nitrogens with zero attached hydrogens (tertiary/aromatic N) is 3. The molecule has 0 unspecified atom stereocenters. The normalized spacial score (nSPS) is 11.1. The standard InChI is InChI=1S/C14H20N4OS/c1-9(2)18-13(15)16-17-14(18)20-8-11-7-10(3)5-6-12(11)19-4/h5-7,9H,8H2,1-4H3,(H2,15,16). The molecule has 108 valence electrons. The van der Waals surface area contributed by atoms with Crippen molar-refractivity contribution < 1.29 is 4.74 Å². The van der Waals surface area contributed by atoms with Crippen molar-refractivity contribution in [1.82, 2.24) is 14.8 Å². The molecule has 2 aromatic rings. The van der Waals surface area contributed by atoms with Crippen LogP contribution in [-0.2, 0) is 5.75 Å². The molecule has 0 aliphatic carbocycles. The molecule has 2 N–H and O–H groups in total. The molecule has 1 aromatic heterocycles. The van der Waals surface area contributed by atoms with E-state index in [0.29, 0.717) is 5.95 Å². The Morgan fingerprint density at radius 1 is 1.35 bits per heavy atom. The van der Waals surface area contributed by atoms with Crippen molar-refractivity contribution in [2.45, 2.75) is 37.7 Å². The van der Waals surface area contributed by atoms with Crippen molar-refractivity contribution in [2.24, 2.45) is 0 Å². The Balaban J connectivity index is 2.19. The van der Waals surface area contributed by atoms with Gasteiger partial charge in [0, 0.05) is 17.4 Å². The van der Waals surface area contributed by atoms with E-state index in [2.05, 4.69) is 37.0 Å². The summed E-state index contributed by atoms with van der Waals surface area (Å²) in [6.07, 6.45) is 0. The van der Waals surface area contributed by atoms with Gasteiger partial charge in [-0.05, 0) is 26.8 Å². The van der Waals surface area contributed by atoms with Crippen LogP contribution in [0.25, 0.3) is 0 Å². The molecule has 20 heavy (non-hydrogen) atoms. The zero-order valence-electron chi connectivity index (χ0n) is 12.3. The lowest BCUT2D eigenvalue weighted by Crippen LogP contribution is -2.07. The van der Waals surface area contributed by atoms with E-state index >= 15 is 0 Å². The summed E-state index contributed by atoms with van der Waals surface area (Å²) in [5.74, 6) is 2.13. The van der Waals surface area contributed by atoms with Crippen LogP contribution in [0.2, 0.25) is 0 Å². The van der Waals surface area contributed by atoms with Gasteiger partial charge in [0.15, 0.2) is 5.16 Å². The van der Waals surface area contributed by atoms with Gasteiger partial charge in [-0.25, -0.2) is 0 Å². The van der Waals surface area contributed by atoms with Crippen molar-refractivity contribution in [2.75, 3.05) is 12.8 Å². The van der Waals surface area contributed by atoms with Gasteiger partial charge in [0.2, 0.25) is 5.95 Å². The first-order chi connectivity index (χ1) is 9.52. The third-order valence-electron chi connectivity index (χ3n) is 3.00. The summed E-state index contributed by atoms with van der Waals surface area (Å²) >= 11 is 1.62. The summed E-state index contributed by atoms with van der Waals surface area (Å²) in [7, 11) is 1.69.